The molecule has 6 heteroatoms. The average Bonchev–Trinajstić information content (AvgIpc) is 3.21. The van der Waals surface area contributed by atoms with Crippen molar-refractivity contribution in [3.05, 3.63) is 36.2 Å². The summed E-state index contributed by atoms with van der Waals surface area (Å²) < 4.78 is 5.57. The third-order valence-electron chi connectivity index (χ3n) is 6.18. The Labute approximate surface area is 162 Å². The Kier molecular flexibility index (Phi) is 5.86. The van der Waals surface area contributed by atoms with E-state index >= 15 is 0 Å². The van der Waals surface area contributed by atoms with Crippen LogP contribution in [0.3, 0.4) is 0 Å². The van der Waals surface area contributed by atoms with Crippen LogP contribution in [0.4, 0.5) is 0 Å². The molecule has 27 heavy (non-hydrogen) atoms. The lowest BCUT2D eigenvalue weighted by atomic mass is 10.0. The molecule has 6 nitrogen and oxygen atoms in total. The van der Waals surface area contributed by atoms with Crippen molar-refractivity contribution in [1.82, 2.24) is 24.8 Å². The molecule has 2 atom stereocenters. The number of nitrogens with zero attached hydrogens (tertiary/aromatic N) is 5. The third-order valence-corrected chi connectivity index (χ3v) is 6.18. The zero-order valence-electron chi connectivity index (χ0n) is 16.5. The van der Waals surface area contributed by atoms with E-state index in [1.807, 2.05) is 30.3 Å². The van der Waals surface area contributed by atoms with Gasteiger partial charge in [-0.25, -0.2) is 0 Å². The number of piperazine rings is 1. The molecule has 2 aromatic rings. The molecule has 0 spiro atoms. The van der Waals surface area contributed by atoms with E-state index in [4.69, 9.17) is 4.52 Å². The highest BCUT2D eigenvalue weighted by atomic mass is 16.5. The standard InChI is InChI=1S/C21H31N5O/c1-17(21-22-20(23-27-21)18-8-4-3-5-9-18)26-14-12-25(13-15-26)16-19-10-6-7-11-24(19)2/h3-5,8-9,17,19H,6-7,10-16H2,1-2H3. The molecule has 1 aromatic heterocycles. The molecule has 2 saturated heterocycles. The van der Waals surface area contributed by atoms with Gasteiger partial charge in [-0.15, -0.1) is 0 Å². The summed E-state index contributed by atoms with van der Waals surface area (Å²) in [7, 11) is 2.28. The van der Waals surface area contributed by atoms with Crippen molar-refractivity contribution in [2.45, 2.75) is 38.3 Å². The van der Waals surface area contributed by atoms with Crippen molar-refractivity contribution in [1.29, 1.82) is 0 Å². The highest BCUT2D eigenvalue weighted by Crippen LogP contribution is 2.24. The van der Waals surface area contributed by atoms with Gasteiger partial charge in [0.2, 0.25) is 11.7 Å². The van der Waals surface area contributed by atoms with Crippen molar-refractivity contribution in [2.24, 2.45) is 0 Å². The van der Waals surface area contributed by atoms with Crippen molar-refractivity contribution < 1.29 is 4.52 Å². The van der Waals surface area contributed by atoms with E-state index in [0.29, 0.717) is 11.7 Å². The summed E-state index contributed by atoms with van der Waals surface area (Å²) in [5, 5.41) is 4.17. The van der Waals surface area contributed by atoms with E-state index < -0.39 is 0 Å². The van der Waals surface area contributed by atoms with Gasteiger partial charge >= 0.3 is 0 Å². The zero-order valence-corrected chi connectivity index (χ0v) is 16.5. The molecule has 3 heterocycles. The lowest BCUT2D eigenvalue weighted by Gasteiger charge is -2.41. The lowest BCUT2D eigenvalue weighted by molar-refractivity contribution is 0.0613. The van der Waals surface area contributed by atoms with Crippen molar-refractivity contribution in [3.8, 4) is 11.4 Å². The van der Waals surface area contributed by atoms with Crippen LogP contribution in [0, 0.1) is 0 Å². The number of aromatic nitrogens is 2. The largest absolute Gasteiger partial charge is 0.337 e. The first-order valence-electron chi connectivity index (χ1n) is 10.3. The number of benzene rings is 1. The van der Waals surface area contributed by atoms with Crippen LogP contribution in [-0.2, 0) is 0 Å². The van der Waals surface area contributed by atoms with Gasteiger partial charge in [0.1, 0.15) is 0 Å². The molecule has 0 amide bonds. The number of likely N-dealkylation sites (tertiary alicyclic amines) is 1. The van der Waals surface area contributed by atoms with Crippen LogP contribution in [0.1, 0.15) is 38.1 Å². The van der Waals surface area contributed by atoms with Gasteiger partial charge in [0, 0.05) is 44.3 Å². The van der Waals surface area contributed by atoms with Crippen LogP contribution in [0.15, 0.2) is 34.9 Å². The summed E-state index contributed by atoms with van der Waals surface area (Å²) in [5.74, 6) is 1.39. The molecule has 146 valence electrons. The minimum absolute atomic E-state index is 0.162. The van der Waals surface area contributed by atoms with Crippen molar-refractivity contribution >= 4 is 0 Å². The van der Waals surface area contributed by atoms with E-state index in [1.165, 1.54) is 32.4 Å². The Morgan fingerprint density at radius 1 is 1.07 bits per heavy atom. The van der Waals surface area contributed by atoms with E-state index in [9.17, 15) is 0 Å². The minimum Gasteiger partial charge on any atom is -0.337 e. The highest BCUT2D eigenvalue weighted by molar-refractivity contribution is 5.53. The summed E-state index contributed by atoms with van der Waals surface area (Å²) in [6.45, 7) is 8.98. The van der Waals surface area contributed by atoms with Gasteiger partial charge in [-0.2, -0.15) is 4.98 Å². The first-order chi connectivity index (χ1) is 13.2. The molecule has 0 N–H and O–H groups in total. The van der Waals surface area contributed by atoms with E-state index in [2.05, 4.69) is 38.8 Å². The van der Waals surface area contributed by atoms with Gasteiger partial charge in [0.15, 0.2) is 0 Å². The normalized spacial score (nSPS) is 24.1. The predicted molar refractivity (Wildman–Crippen MR) is 106 cm³/mol. The topological polar surface area (TPSA) is 48.6 Å². The third kappa shape index (κ3) is 4.39. The van der Waals surface area contributed by atoms with Crippen LogP contribution in [-0.4, -0.2) is 77.2 Å². The van der Waals surface area contributed by atoms with Crippen LogP contribution in [0.5, 0.6) is 0 Å². The maximum Gasteiger partial charge on any atom is 0.244 e. The van der Waals surface area contributed by atoms with E-state index in [1.54, 1.807) is 0 Å². The Bertz CT molecular complexity index is 710. The van der Waals surface area contributed by atoms with Gasteiger partial charge < -0.3 is 9.42 Å². The second kappa shape index (κ2) is 8.50. The SMILES string of the molecule is CC(c1nc(-c2ccccc2)no1)N1CCN(CC2CCCCN2C)CC1. The molecule has 0 radical (unpaired) electrons. The summed E-state index contributed by atoms with van der Waals surface area (Å²) in [5.41, 5.74) is 1.00. The maximum atomic E-state index is 5.57. The summed E-state index contributed by atoms with van der Waals surface area (Å²) >= 11 is 0. The minimum atomic E-state index is 0.162. The smallest absolute Gasteiger partial charge is 0.244 e. The number of hydrogen-bond donors (Lipinski definition) is 0. The van der Waals surface area contributed by atoms with Crippen LogP contribution < -0.4 is 0 Å². The predicted octanol–water partition coefficient (Wildman–Crippen LogP) is 2.90. The second-order valence-electron chi connectivity index (χ2n) is 7.97. The molecule has 2 aliphatic heterocycles. The summed E-state index contributed by atoms with van der Waals surface area (Å²) in [6.07, 6.45) is 4.08. The van der Waals surface area contributed by atoms with Gasteiger partial charge in [-0.3, -0.25) is 9.80 Å². The fraction of sp³-hybridized carbons (Fsp3) is 0.619. The summed E-state index contributed by atoms with van der Waals surface area (Å²) in [6, 6.07) is 10.9. The molecule has 2 fully saturated rings. The number of hydrogen-bond acceptors (Lipinski definition) is 6. The molecule has 0 aliphatic carbocycles. The quantitative estimate of drug-likeness (QED) is 0.808. The van der Waals surface area contributed by atoms with Gasteiger partial charge in [-0.05, 0) is 33.4 Å². The summed E-state index contributed by atoms with van der Waals surface area (Å²) in [4.78, 5) is 12.3. The number of rotatable bonds is 5. The molecule has 2 aliphatic rings. The Morgan fingerprint density at radius 2 is 1.85 bits per heavy atom. The molecule has 0 bridgehead atoms. The fourth-order valence-corrected chi connectivity index (χ4v) is 4.27. The second-order valence-corrected chi connectivity index (χ2v) is 7.97. The number of likely N-dealkylation sites (N-methyl/N-ethyl adjacent to an activating group) is 1. The molecule has 1 aromatic carbocycles. The van der Waals surface area contributed by atoms with Gasteiger partial charge in [-0.1, -0.05) is 41.9 Å². The first-order valence-corrected chi connectivity index (χ1v) is 10.3. The first kappa shape index (κ1) is 18.6. The fourth-order valence-electron chi connectivity index (χ4n) is 4.27. The van der Waals surface area contributed by atoms with Crippen LogP contribution in [0.25, 0.3) is 11.4 Å². The highest BCUT2D eigenvalue weighted by Gasteiger charge is 2.28. The molecule has 4 rings (SSSR count). The van der Waals surface area contributed by atoms with E-state index in [-0.39, 0.29) is 6.04 Å². The molecule has 2 unspecified atom stereocenters. The molecular formula is C21H31N5O. The van der Waals surface area contributed by atoms with Crippen LogP contribution in [0.2, 0.25) is 0 Å². The monoisotopic (exact) mass is 369 g/mol. The van der Waals surface area contributed by atoms with Gasteiger partial charge in [0.25, 0.3) is 0 Å². The zero-order chi connectivity index (χ0) is 18.6. The van der Waals surface area contributed by atoms with Crippen molar-refractivity contribution in [2.75, 3.05) is 46.3 Å². The van der Waals surface area contributed by atoms with Crippen molar-refractivity contribution in [3.63, 3.8) is 0 Å². The Balaban J connectivity index is 1.31. The Hall–Kier alpha value is -1.76. The lowest BCUT2D eigenvalue weighted by Crippen LogP contribution is -2.52. The maximum absolute atomic E-state index is 5.57. The van der Waals surface area contributed by atoms with Gasteiger partial charge in [0.05, 0.1) is 6.04 Å². The molecular weight excluding hydrogens is 338 g/mol. The Morgan fingerprint density at radius 3 is 2.59 bits per heavy atom. The molecule has 0 saturated carbocycles. The van der Waals surface area contributed by atoms with Crippen LogP contribution >= 0.6 is 0 Å². The number of piperidine rings is 1. The van der Waals surface area contributed by atoms with E-state index in [0.717, 1.165) is 37.8 Å². The average molecular weight is 370 g/mol.